The van der Waals surface area contributed by atoms with Gasteiger partial charge in [0.05, 0.1) is 10.6 Å². The topological polar surface area (TPSA) is 86.8 Å². The van der Waals surface area contributed by atoms with Gasteiger partial charge in [0.1, 0.15) is 12.6 Å². The highest BCUT2D eigenvalue weighted by molar-refractivity contribution is 7.92. The summed E-state index contributed by atoms with van der Waals surface area (Å²) in [7, 11) is -4.12. The highest BCUT2D eigenvalue weighted by Crippen LogP contribution is 2.26. The van der Waals surface area contributed by atoms with Crippen LogP contribution in [0.2, 0.25) is 5.02 Å². The van der Waals surface area contributed by atoms with Crippen molar-refractivity contribution >= 4 is 39.1 Å². The Morgan fingerprint density at radius 1 is 0.921 bits per heavy atom. The Morgan fingerprint density at radius 3 is 2.24 bits per heavy atom. The van der Waals surface area contributed by atoms with Crippen LogP contribution in [0.4, 0.5) is 5.69 Å². The summed E-state index contributed by atoms with van der Waals surface area (Å²) in [6.07, 6.45) is 0. The number of benzene rings is 3. The molecule has 0 spiro atoms. The number of halogens is 1. The number of carbonyl (C=O) groups is 2. The van der Waals surface area contributed by atoms with Crippen molar-refractivity contribution in [1.82, 2.24) is 10.2 Å². The molecule has 0 radical (unpaired) electrons. The number of nitrogens with one attached hydrogen (secondary N) is 1. The lowest BCUT2D eigenvalue weighted by atomic mass is 10.1. The minimum Gasteiger partial charge on any atom is -0.354 e. The van der Waals surface area contributed by atoms with Gasteiger partial charge in [-0.3, -0.25) is 13.9 Å². The zero-order valence-corrected chi connectivity index (χ0v) is 23.7. The molecule has 1 N–H and O–H groups in total. The van der Waals surface area contributed by atoms with Crippen molar-refractivity contribution in [1.29, 1.82) is 0 Å². The van der Waals surface area contributed by atoms with Crippen molar-refractivity contribution in [2.24, 2.45) is 5.92 Å². The predicted octanol–water partition coefficient (Wildman–Crippen LogP) is 5.03. The molecule has 0 aromatic heterocycles. The number of nitrogens with zero attached hydrogens (tertiary/aromatic N) is 2. The number of anilines is 1. The van der Waals surface area contributed by atoms with Crippen LogP contribution < -0.4 is 9.62 Å². The fourth-order valence-electron chi connectivity index (χ4n) is 3.92. The summed E-state index contributed by atoms with van der Waals surface area (Å²) in [6, 6.07) is 21.1. The maximum atomic E-state index is 13.9. The van der Waals surface area contributed by atoms with Crippen molar-refractivity contribution in [3.8, 4) is 0 Å². The van der Waals surface area contributed by atoms with Crippen LogP contribution >= 0.6 is 11.6 Å². The first-order chi connectivity index (χ1) is 18.0. The zero-order chi connectivity index (χ0) is 27.9. The highest BCUT2D eigenvalue weighted by atomic mass is 35.5. The van der Waals surface area contributed by atoms with E-state index in [0.717, 1.165) is 15.4 Å². The molecular formula is C29H34ClN3O4S. The second kappa shape index (κ2) is 12.9. The number of rotatable bonds is 11. The fourth-order valence-corrected chi connectivity index (χ4v) is 5.53. The minimum atomic E-state index is -4.12. The molecule has 0 saturated carbocycles. The number of sulfonamides is 1. The monoisotopic (exact) mass is 555 g/mol. The molecule has 0 heterocycles. The molecule has 0 unspecified atom stereocenters. The van der Waals surface area contributed by atoms with E-state index >= 15 is 0 Å². The van der Waals surface area contributed by atoms with Gasteiger partial charge in [-0.1, -0.05) is 79.5 Å². The normalized spacial score (nSPS) is 12.2. The Morgan fingerprint density at radius 2 is 1.61 bits per heavy atom. The van der Waals surface area contributed by atoms with Crippen molar-refractivity contribution < 1.29 is 18.0 Å². The predicted molar refractivity (Wildman–Crippen MR) is 151 cm³/mol. The van der Waals surface area contributed by atoms with E-state index in [1.54, 1.807) is 43.3 Å². The van der Waals surface area contributed by atoms with Gasteiger partial charge < -0.3 is 10.2 Å². The number of carbonyl (C=O) groups excluding carboxylic acids is 2. The van der Waals surface area contributed by atoms with E-state index in [4.69, 9.17) is 11.6 Å². The summed E-state index contributed by atoms with van der Waals surface area (Å²) >= 11 is 6.19. The summed E-state index contributed by atoms with van der Waals surface area (Å²) < 4.78 is 28.5. The quantitative estimate of drug-likeness (QED) is 0.359. The third-order valence-corrected chi connectivity index (χ3v) is 8.02. The fraction of sp³-hybridized carbons (Fsp3) is 0.310. The molecule has 3 rings (SSSR count). The Balaban J connectivity index is 2.00. The Hall–Kier alpha value is -3.36. The van der Waals surface area contributed by atoms with Gasteiger partial charge in [-0.2, -0.15) is 0 Å². The van der Waals surface area contributed by atoms with Crippen LogP contribution in [0.15, 0.2) is 83.8 Å². The summed E-state index contributed by atoms with van der Waals surface area (Å²) in [6.45, 7) is 7.67. The first-order valence-corrected chi connectivity index (χ1v) is 14.3. The molecule has 0 saturated heterocycles. The number of hydrogen-bond acceptors (Lipinski definition) is 4. The maximum absolute atomic E-state index is 13.9. The first-order valence-electron chi connectivity index (χ1n) is 12.4. The SMILES string of the molecule is Cc1cccc(CN(C(=O)CN(c2cccc(Cl)c2)S(=O)(=O)c2ccccc2)[C@@H](C)C(=O)NCC(C)C)c1. The van der Waals surface area contributed by atoms with Crippen LogP contribution in [0.1, 0.15) is 31.9 Å². The molecule has 3 aromatic rings. The molecular weight excluding hydrogens is 522 g/mol. The lowest BCUT2D eigenvalue weighted by Crippen LogP contribution is -2.51. The molecule has 1 atom stereocenters. The van der Waals surface area contributed by atoms with Crippen LogP contribution in [-0.2, 0) is 26.2 Å². The van der Waals surface area contributed by atoms with E-state index in [-0.39, 0.29) is 29.0 Å². The van der Waals surface area contributed by atoms with E-state index in [1.165, 1.54) is 23.1 Å². The highest BCUT2D eigenvalue weighted by Gasteiger charge is 2.32. The molecule has 7 nitrogen and oxygen atoms in total. The van der Waals surface area contributed by atoms with E-state index < -0.39 is 28.5 Å². The summed E-state index contributed by atoms with van der Waals surface area (Å²) in [4.78, 5) is 28.3. The van der Waals surface area contributed by atoms with Gasteiger partial charge in [0.15, 0.2) is 0 Å². The van der Waals surface area contributed by atoms with Gasteiger partial charge in [0.2, 0.25) is 11.8 Å². The largest absolute Gasteiger partial charge is 0.354 e. The van der Waals surface area contributed by atoms with Gasteiger partial charge in [0, 0.05) is 18.1 Å². The van der Waals surface area contributed by atoms with Crippen molar-refractivity contribution in [2.45, 2.75) is 45.2 Å². The van der Waals surface area contributed by atoms with Crippen LogP contribution in [0.5, 0.6) is 0 Å². The summed E-state index contributed by atoms with van der Waals surface area (Å²) in [5, 5.41) is 3.22. The van der Waals surface area contributed by atoms with Crippen LogP contribution in [0, 0.1) is 12.8 Å². The van der Waals surface area contributed by atoms with E-state index in [0.29, 0.717) is 11.6 Å². The van der Waals surface area contributed by atoms with E-state index in [2.05, 4.69) is 5.32 Å². The van der Waals surface area contributed by atoms with Crippen LogP contribution in [-0.4, -0.2) is 44.3 Å². The molecule has 3 aromatic carbocycles. The van der Waals surface area contributed by atoms with Gasteiger partial charge >= 0.3 is 0 Å². The standard InChI is InChI=1S/C29H34ClN3O4S/c1-21(2)18-31-29(35)23(4)32(19-24-11-8-10-22(3)16-24)28(34)20-33(26-13-9-12-25(30)17-26)38(36,37)27-14-6-5-7-15-27/h5-17,21,23H,18-20H2,1-4H3,(H,31,35)/t23-/m0/s1. The lowest BCUT2D eigenvalue weighted by Gasteiger charge is -2.32. The smallest absolute Gasteiger partial charge is 0.264 e. The molecule has 0 aliphatic carbocycles. The molecule has 202 valence electrons. The second-order valence-electron chi connectivity index (χ2n) is 9.63. The Kier molecular flexibility index (Phi) is 9.94. The molecule has 0 bridgehead atoms. The van der Waals surface area contributed by atoms with Gasteiger partial charge in [-0.15, -0.1) is 0 Å². The average molecular weight is 556 g/mol. The van der Waals surface area contributed by atoms with Crippen LogP contribution in [0.3, 0.4) is 0 Å². The zero-order valence-electron chi connectivity index (χ0n) is 22.1. The van der Waals surface area contributed by atoms with Gasteiger partial charge in [-0.25, -0.2) is 8.42 Å². The third-order valence-electron chi connectivity index (χ3n) is 5.99. The second-order valence-corrected chi connectivity index (χ2v) is 11.9. The number of amides is 2. The summed E-state index contributed by atoms with van der Waals surface area (Å²) in [5.74, 6) is -0.584. The van der Waals surface area contributed by atoms with E-state index in [1.807, 2.05) is 45.0 Å². The number of aryl methyl sites for hydroxylation is 1. The maximum Gasteiger partial charge on any atom is 0.264 e. The van der Waals surface area contributed by atoms with Gasteiger partial charge in [0.25, 0.3) is 10.0 Å². The summed E-state index contributed by atoms with van der Waals surface area (Å²) in [5.41, 5.74) is 2.10. The van der Waals surface area contributed by atoms with Crippen molar-refractivity contribution in [3.63, 3.8) is 0 Å². The molecule has 0 fully saturated rings. The Bertz CT molecular complexity index is 1360. The average Bonchev–Trinajstić information content (AvgIpc) is 2.88. The lowest BCUT2D eigenvalue weighted by molar-refractivity contribution is -0.139. The first kappa shape index (κ1) is 29.2. The van der Waals surface area contributed by atoms with Crippen molar-refractivity contribution in [2.75, 3.05) is 17.4 Å². The molecule has 38 heavy (non-hydrogen) atoms. The molecule has 0 aliphatic heterocycles. The third kappa shape index (κ3) is 7.58. The minimum absolute atomic E-state index is 0.0423. The van der Waals surface area contributed by atoms with E-state index in [9.17, 15) is 18.0 Å². The molecule has 0 aliphatic rings. The molecule has 2 amide bonds. The van der Waals surface area contributed by atoms with Gasteiger partial charge in [-0.05, 0) is 55.7 Å². The van der Waals surface area contributed by atoms with Crippen molar-refractivity contribution in [3.05, 3.63) is 95.0 Å². The Labute approximate surface area is 230 Å². The van der Waals surface area contributed by atoms with Crippen LogP contribution in [0.25, 0.3) is 0 Å². The number of hydrogen-bond donors (Lipinski definition) is 1. The molecule has 9 heteroatoms.